The normalized spacial score (nSPS) is 14.5. The van der Waals surface area contributed by atoms with Gasteiger partial charge in [-0.1, -0.05) is 0 Å². The van der Waals surface area contributed by atoms with Crippen LogP contribution in [0.15, 0.2) is 48.6 Å². The standard InChI is InChI=1S/C12H9.C5H5.C2H6Si.2ClH.Zr/c1-8-6-11-9(2)4-5-10(3)12(11)7-8;1-2-4-5-3-1;1-3-2;;;/h4-6H,1-3H2;1-5H;1-2H3;2*1H;/q;;;;;+2/p-2. The summed E-state index contributed by atoms with van der Waals surface area (Å²) in [6.45, 7) is 17.8. The van der Waals surface area contributed by atoms with Gasteiger partial charge in [-0.25, -0.2) is 0 Å². The quantitative estimate of drug-likeness (QED) is 0.411. The zero-order valence-corrected chi connectivity index (χ0v) is 18.5. The molecule has 0 radical (unpaired) electrons. The summed E-state index contributed by atoms with van der Waals surface area (Å²) in [7, 11) is 0. The second-order valence-electron chi connectivity index (χ2n) is 5.93. The number of rotatable bonds is 2. The number of hydrogen-bond donors (Lipinski definition) is 0. The van der Waals surface area contributed by atoms with Gasteiger partial charge < -0.3 is 24.8 Å². The van der Waals surface area contributed by atoms with E-state index in [-0.39, 0.29) is 30.2 Å². The van der Waals surface area contributed by atoms with Crippen molar-refractivity contribution in [2.24, 2.45) is 0 Å². The SMILES string of the molecule is C=C1C=c2c(=C)ccc(=C)c2=[C]1[Zr+2]([CH]1C=CC=C1)=[Si](C)C.[Cl-].[Cl-]. The Hall–Kier alpha value is -0.400. The Morgan fingerprint density at radius 2 is 1.52 bits per heavy atom. The molecule has 0 nitrogen and oxygen atoms in total. The minimum absolute atomic E-state index is 0. The Morgan fingerprint density at radius 3 is 2.09 bits per heavy atom. The number of hydrogen-bond acceptors (Lipinski definition) is 0. The summed E-state index contributed by atoms with van der Waals surface area (Å²) >= 11 is -1.80. The molecule has 0 fully saturated rings. The van der Waals surface area contributed by atoms with Crippen molar-refractivity contribution >= 4 is 27.9 Å². The van der Waals surface area contributed by atoms with E-state index in [1.54, 1.807) is 3.28 Å². The molecule has 0 aliphatic heterocycles. The molecule has 0 saturated heterocycles. The largest absolute Gasteiger partial charge is 1.00 e. The second-order valence-corrected chi connectivity index (χ2v) is 23.4. The van der Waals surface area contributed by atoms with Crippen LogP contribution in [0.4, 0.5) is 0 Å². The maximum atomic E-state index is 4.38. The van der Waals surface area contributed by atoms with Crippen molar-refractivity contribution < 1.29 is 45.2 Å². The molecule has 2 aliphatic carbocycles. The maximum absolute atomic E-state index is 4.38. The first kappa shape index (κ1) is 20.6. The Labute approximate surface area is 158 Å². The molecule has 2 aliphatic rings. The van der Waals surface area contributed by atoms with E-state index in [1.165, 1.54) is 16.0 Å². The van der Waals surface area contributed by atoms with E-state index in [9.17, 15) is 0 Å². The first-order valence-corrected chi connectivity index (χ1v) is 16.1. The van der Waals surface area contributed by atoms with E-state index < -0.39 is 20.4 Å². The van der Waals surface area contributed by atoms with Gasteiger partial charge in [0.25, 0.3) is 0 Å². The van der Waals surface area contributed by atoms with Crippen LogP contribution >= 0.6 is 0 Å². The fourth-order valence-electron chi connectivity index (χ4n) is 3.26. The zero-order chi connectivity index (χ0) is 15.1. The monoisotopic (exact) mass is 436 g/mol. The molecule has 1 aromatic rings. The van der Waals surface area contributed by atoms with Crippen molar-refractivity contribution in [2.45, 2.75) is 16.7 Å². The molecule has 0 saturated carbocycles. The molecule has 0 heterocycles. The molecule has 118 valence electrons. The number of benzene rings is 1. The van der Waals surface area contributed by atoms with Gasteiger partial charge in [0.1, 0.15) is 0 Å². The van der Waals surface area contributed by atoms with Crippen molar-refractivity contribution in [1.82, 2.24) is 0 Å². The van der Waals surface area contributed by atoms with E-state index in [0.717, 1.165) is 10.4 Å². The molecule has 0 N–H and O–H groups in total. The van der Waals surface area contributed by atoms with Gasteiger partial charge in [-0.05, 0) is 0 Å². The molecule has 3 rings (SSSR count). The van der Waals surface area contributed by atoms with Gasteiger partial charge in [-0.2, -0.15) is 0 Å². The van der Waals surface area contributed by atoms with Crippen LogP contribution in [-0.2, 0) is 20.4 Å². The van der Waals surface area contributed by atoms with E-state index in [1.807, 2.05) is 0 Å². The summed E-state index contributed by atoms with van der Waals surface area (Å²) < 4.78 is 2.29. The molecule has 1 aromatic carbocycles. The van der Waals surface area contributed by atoms with Gasteiger partial charge in [0.05, 0.1) is 0 Å². The molecule has 0 unspecified atom stereocenters. The summed E-state index contributed by atoms with van der Waals surface area (Å²) in [4.78, 5) is 0. The van der Waals surface area contributed by atoms with E-state index in [2.05, 4.69) is 75.3 Å². The molecule has 0 aromatic heterocycles. The van der Waals surface area contributed by atoms with Crippen LogP contribution in [0.3, 0.4) is 0 Å². The second kappa shape index (κ2) is 8.12. The van der Waals surface area contributed by atoms with Gasteiger partial charge >= 0.3 is 134 Å². The average Bonchev–Trinajstić information content (AvgIpc) is 3.04. The van der Waals surface area contributed by atoms with Crippen LogP contribution in [0.5, 0.6) is 0 Å². The third-order valence-electron chi connectivity index (χ3n) is 4.20. The van der Waals surface area contributed by atoms with Gasteiger partial charge in [0.15, 0.2) is 0 Å². The summed E-state index contributed by atoms with van der Waals surface area (Å²) in [5.74, 6) is 0. The van der Waals surface area contributed by atoms with Crippen molar-refractivity contribution in [2.75, 3.05) is 0 Å². The smallest absolute Gasteiger partial charge is 1.00 e. The molecule has 23 heavy (non-hydrogen) atoms. The predicted octanol–water partition coefficient (Wildman–Crippen LogP) is -4.24. The molecule has 0 atom stereocenters. The molecular weight excluding hydrogens is 418 g/mol. The first-order valence-electron chi connectivity index (χ1n) is 7.25. The van der Waals surface area contributed by atoms with Crippen LogP contribution in [0, 0.1) is 0 Å². The number of allylic oxidation sites excluding steroid dienone is 5. The molecule has 0 spiro atoms. The molecule has 0 amide bonds. The van der Waals surface area contributed by atoms with Crippen LogP contribution in [-0.4, -0.2) is 5.43 Å². The first-order chi connectivity index (χ1) is 10.0. The van der Waals surface area contributed by atoms with Crippen molar-refractivity contribution in [3.8, 4) is 0 Å². The fourth-order valence-corrected chi connectivity index (χ4v) is 20.6. The Morgan fingerprint density at radius 1 is 0.957 bits per heavy atom. The van der Waals surface area contributed by atoms with Crippen molar-refractivity contribution in [3.05, 3.63) is 69.5 Å². The van der Waals surface area contributed by atoms with Crippen LogP contribution in [0.1, 0.15) is 0 Å². The maximum Gasteiger partial charge on any atom is -1.00 e. The Balaban J connectivity index is 0.00000132. The zero-order valence-electron chi connectivity index (χ0n) is 13.5. The van der Waals surface area contributed by atoms with Crippen LogP contribution in [0.2, 0.25) is 16.7 Å². The number of fused-ring (bicyclic) bond motifs is 1. The van der Waals surface area contributed by atoms with Gasteiger partial charge in [0, 0.05) is 0 Å². The topological polar surface area (TPSA) is 0 Å². The third-order valence-corrected chi connectivity index (χ3v) is 22.0. The van der Waals surface area contributed by atoms with Crippen molar-refractivity contribution in [1.29, 1.82) is 0 Å². The van der Waals surface area contributed by atoms with Gasteiger partial charge in [-0.15, -0.1) is 0 Å². The fraction of sp³-hybridized carbons (Fsp3) is 0.158. The van der Waals surface area contributed by atoms with Crippen LogP contribution in [0.25, 0.3) is 22.5 Å². The molecule has 0 bridgehead atoms. The summed E-state index contributed by atoms with van der Waals surface area (Å²) in [6.07, 6.45) is 11.5. The van der Waals surface area contributed by atoms with E-state index >= 15 is 0 Å². The van der Waals surface area contributed by atoms with Crippen molar-refractivity contribution in [3.63, 3.8) is 0 Å². The van der Waals surface area contributed by atoms with Crippen LogP contribution < -0.4 is 45.7 Å². The predicted molar refractivity (Wildman–Crippen MR) is 92.5 cm³/mol. The van der Waals surface area contributed by atoms with E-state index in [4.69, 9.17) is 0 Å². The van der Waals surface area contributed by atoms with E-state index in [0.29, 0.717) is 3.63 Å². The van der Waals surface area contributed by atoms with Gasteiger partial charge in [0.2, 0.25) is 0 Å². The minimum atomic E-state index is -1.80. The Kier molecular flexibility index (Phi) is 7.29. The minimum Gasteiger partial charge on any atom is -1.00 e. The molecular formula is C19H20Cl2SiZr. The summed E-state index contributed by atoms with van der Waals surface area (Å²) in [5, 5.41) is 4.90. The van der Waals surface area contributed by atoms with Gasteiger partial charge in [-0.3, -0.25) is 0 Å². The third kappa shape index (κ3) is 3.66. The average molecular weight is 439 g/mol. The summed E-state index contributed by atoms with van der Waals surface area (Å²) in [6, 6.07) is 4.20. The molecule has 4 heteroatoms. The number of halogens is 2. The summed E-state index contributed by atoms with van der Waals surface area (Å²) in [5.41, 5.74) is 0.922. The Bertz CT molecular complexity index is 952.